The average molecular weight is 797 g/mol. The van der Waals surface area contributed by atoms with Crippen molar-refractivity contribution < 1.29 is 42.9 Å². The first-order chi connectivity index (χ1) is 27.5. The van der Waals surface area contributed by atoms with Gasteiger partial charge < -0.3 is 45.4 Å². The van der Waals surface area contributed by atoms with Gasteiger partial charge in [-0.05, 0) is 96.5 Å². The van der Waals surface area contributed by atoms with Gasteiger partial charge in [-0.2, -0.15) is 0 Å². The number of nitrogens with two attached hydrogens (primary N) is 1. The molecule has 0 aliphatic carbocycles. The molecule has 4 aromatic carbocycles. The second-order valence-corrected chi connectivity index (χ2v) is 15.6. The lowest BCUT2D eigenvalue weighted by Crippen LogP contribution is -2.18. The van der Waals surface area contributed by atoms with Gasteiger partial charge in [0.05, 0.1) is 61.9 Å². The van der Waals surface area contributed by atoms with Crippen molar-refractivity contribution >= 4 is 46.4 Å². The Hall–Kier alpha value is -6.24. The molecule has 4 rings (SSSR count). The van der Waals surface area contributed by atoms with Gasteiger partial charge in [0.1, 0.15) is 23.0 Å². The summed E-state index contributed by atoms with van der Waals surface area (Å²) in [6.07, 6.45) is 0. The van der Waals surface area contributed by atoms with E-state index in [0.29, 0.717) is 72.0 Å². The van der Waals surface area contributed by atoms with Crippen LogP contribution in [0, 0.1) is 23.7 Å². The van der Waals surface area contributed by atoms with E-state index in [0.717, 1.165) is 0 Å². The minimum Gasteiger partial charge on any atom is -0.491 e. The minimum absolute atomic E-state index is 0.144. The van der Waals surface area contributed by atoms with Crippen LogP contribution < -0.4 is 40.6 Å². The highest BCUT2D eigenvalue weighted by molar-refractivity contribution is 6.09. The summed E-state index contributed by atoms with van der Waals surface area (Å²) >= 11 is 0. The lowest BCUT2D eigenvalue weighted by atomic mass is 10.1. The third-order valence-electron chi connectivity index (χ3n) is 8.20. The molecule has 58 heavy (non-hydrogen) atoms. The quantitative estimate of drug-likeness (QED) is 0.0529. The van der Waals surface area contributed by atoms with Crippen molar-refractivity contribution in [2.45, 2.75) is 55.4 Å². The van der Waals surface area contributed by atoms with Gasteiger partial charge in [0, 0.05) is 16.7 Å². The highest BCUT2D eigenvalue weighted by Gasteiger charge is 2.20. The number of anilines is 4. The maximum Gasteiger partial charge on any atom is 0.337 e. The van der Waals surface area contributed by atoms with Gasteiger partial charge in [-0.3, -0.25) is 14.4 Å². The van der Waals surface area contributed by atoms with Gasteiger partial charge in [0.15, 0.2) is 0 Å². The highest BCUT2D eigenvalue weighted by Crippen LogP contribution is 2.33. The Kier molecular flexibility index (Phi) is 15.9. The number of nitrogens with one attached hydrogen (secondary N) is 3. The minimum atomic E-state index is -0.532. The summed E-state index contributed by atoms with van der Waals surface area (Å²) < 4.78 is 28.8. The maximum atomic E-state index is 13.8. The number of amides is 3. The van der Waals surface area contributed by atoms with Crippen LogP contribution in [0.5, 0.6) is 23.0 Å². The lowest BCUT2D eigenvalue weighted by Gasteiger charge is -2.18. The van der Waals surface area contributed by atoms with Crippen LogP contribution in [0.4, 0.5) is 22.7 Å². The second-order valence-electron chi connectivity index (χ2n) is 15.6. The number of nitrogen functional groups attached to an aromatic ring is 1. The highest BCUT2D eigenvalue weighted by atomic mass is 16.5. The van der Waals surface area contributed by atoms with Crippen molar-refractivity contribution in [2.75, 3.05) is 55.2 Å². The number of carbonyl (C=O) groups is 4. The second kappa shape index (κ2) is 20.8. The molecular formula is C45H56N4O9. The summed E-state index contributed by atoms with van der Waals surface area (Å²) in [5, 5.41) is 8.67. The third-order valence-corrected chi connectivity index (χ3v) is 8.20. The number of ether oxygens (including phenoxy) is 5. The zero-order chi connectivity index (χ0) is 42.5. The van der Waals surface area contributed by atoms with Gasteiger partial charge in [0.25, 0.3) is 17.7 Å². The zero-order valence-electron chi connectivity index (χ0n) is 34.8. The number of esters is 1. The zero-order valence-corrected chi connectivity index (χ0v) is 34.8. The van der Waals surface area contributed by atoms with E-state index in [1.54, 1.807) is 66.7 Å². The molecule has 0 fully saturated rings. The molecule has 0 heterocycles. The van der Waals surface area contributed by atoms with Crippen molar-refractivity contribution in [1.29, 1.82) is 0 Å². The monoisotopic (exact) mass is 796 g/mol. The molecule has 5 N–H and O–H groups in total. The average Bonchev–Trinajstić information content (AvgIpc) is 3.18. The van der Waals surface area contributed by atoms with Crippen LogP contribution in [0.2, 0.25) is 0 Å². The molecule has 0 saturated heterocycles. The molecular weight excluding hydrogens is 741 g/mol. The summed E-state index contributed by atoms with van der Waals surface area (Å²) in [6.45, 7) is 17.4. The molecule has 0 atom stereocenters. The van der Waals surface area contributed by atoms with Gasteiger partial charge >= 0.3 is 5.97 Å². The summed E-state index contributed by atoms with van der Waals surface area (Å²) in [5.41, 5.74) is 8.73. The Morgan fingerprint density at radius 3 is 1.10 bits per heavy atom. The van der Waals surface area contributed by atoms with Crippen LogP contribution in [-0.4, -0.2) is 57.2 Å². The molecule has 13 nitrogen and oxygen atoms in total. The number of carbonyl (C=O) groups excluding carboxylic acids is 4. The Labute approximate surface area is 340 Å². The Morgan fingerprint density at radius 1 is 0.466 bits per heavy atom. The number of methoxy groups -OCH3 is 1. The normalized spacial score (nSPS) is 11.1. The van der Waals surface area contributed by atoms with E-state index in [1.165, 1.54) is 13.2 Å². The molecule has 0 aliphatic heterocycles. The van der Waals surface area contributed by atoms with E-state index in [4.69, 9.17) is 29.4 Å². The maximum absolute atomic E-state index is 13.8. The number of hydrogen-bond donors (Lipinski definition) is 4. The molecule has 0 spiro atoms. The van der Waals surface area contributed by atoms with E-state index < -0.39 is 23.7 Å². The van der Waals surface area contributed by atoms with Crippen molar-refractivity contribution in [3.05, 3.63) is 95.1 Å². The molecule has 3 amide bonds. The van der Waals surface area contributed by atoms with E-state index >= 15 is 0 Å². The lowest BCUT2D eigenvalue weighted by molar-refractivity contribution is 0.0599. The molecule has 0 bridgehead atoms. The van der Waals surface area contributed by atoms with Crippen molar-refractivity contribution in [1.82, 2.24) is 0 Å². The van der Waals surface area contributed by atoms with E-state index in [9.17, 15) is 19.2 Å². The molecule has 0 aliphatic rings. The van der Waals surface area contributed by atoms with Gasteiger partial charge in [-0.1, -0.05) is 55.4 Å². The number of rotatable bonds is 19. The van der Waals surface area contributed by atoms with Gasteiger partial charge in [-0.25, -0.2) is 4.79 Å². The summed E-state index contributed by atoms with van der Waals surface area (Å²) in [4.78, 5) is 53.0. The van der Waals surface area contributed by atoms with E-state index in [-0.39, 0.29) is 46.1 Å². The van der Waals surface area contributed by atoms with Crippen LogP contribution in [-0.2, 0) is 4.74 Å². The first-order valence-electron chi connectivity index (χ1n) is 19.4. The topological polar surface area (TPSA) is 177 Å². The fourth-order valence-electron chi connectivity index (χ4n) is 5.17. The predicted octanol–water partition coefficient (Wildman–Crippen LogP) is 8.95. The first kappa shape index (κ1) is 44.5. The predicted molar refractivity (Wildman–Crippen MR) is 227 cm³/mol. The SMILES string of the molecule is COC(=O)c1ccc(NC(=O)c2ccc(NC(=O)c3ccc(NC(=O)c4ccc(N)c(OCC(C)C)c4)c(OCC(C)C)c3)c(OCC(C)C)c2)c(OCC(C)C)c1. The fraction of sp³-hybridized carbons (Fsp3) is 0.378. The van der Waals surface area contributed by atoms with Crippen LogP contribution in [0.3, 0.4) is 0 Å². The molecule has 4 aromatic rings. The Bertz CT molecular complexity index is 2080. The standard InChI is InChI=1S/C45H56N4O9/c1-26(2)22-55-38-18-30(10-14-34(38)46)42(50)47-35-15-11-31(19-39(35)56-23-27(3)4)43(51)48-36-16-12-32(20-40(36)57-24-28(5)6)44(52)49-37-17-13-33(45(53)54-9)21-41(37)58-25-29(7)8/h10-21,26-29H,22-25,46H2,1-9H3,(H,47,50)(H,48,51)(H,49,52). The molecule has 13 heteroatoms. The molecule has 0 unspecified atom stereocenters. The van der Waals surface area contributed by atoms with Crippen molar-refractivity contribution in [2.24, 2.45) is 23.7 Å². The van der Waals surface area contributed by atoms with Crippen molar-refractivity contribution in [3.8, 4) is 23.0 Å². The molecule has 310 valence electrons. The smallest absolute Gasteiger partial charge is 0.337 e. The molecule has 0 aromatic heterocycles. The molecule has 0 radical (unpaired) electrons. The number of hydrogen-bond acceptors (Lipinski definition) is 10. The summed E-state index contributed by atoms with van der Waals surface area (Å²) in [6, 6.07) is 18.9. The van der Waals surface area contributed by atoms with Crippen LogP contribution in [0.15, 0.2) is 72.8 Å². The summed E-state index contributed by atoms with van der Waals surface area (Å²) in [5.74, 6) is 0.223. The van der Waals surface area contributed by atoms with Crippen LogP contribution in [0.25, 0.3) is 0 Å². The third kappa shape index (κ3) is 12.9. The number of benzene rings is 4. The fourth-order valence-corrected chi connectivity index (χ4v) is 5.17. The van der Waals surface area contributed by atoms with Crippen LogP contribution >= 0.6 is 0 Å². The Balaban J connectivity index is 1.58. The van der Waals surface area contributed by atoms with Gasteiger partial charge in [-0.15, -0.1) is 0 Å². The first-order valence-corrected chi connectivity index (χ1v) is 19.4. The van der Waals surface area contributed by atoms with E-state index in [2.05, 4.69) is 16.0 Å². The summed E-state index contributed by atoms with van der Waals surface area (Å²) in [7, 11) is 1.29. The van der Waals surface area contributed by atoms with Crippen LogP contribution in [0.1, 0.15) is 96.8 Å². The molecule has 0 saturated carbocycles. The Morgan fingerprint density at radius 2 is 0.759 bits per heavy atom. The largest absolute Gasteiger partial charge is 0.491 e. The van der Waals surface area contributed by atoms with Gasteiger partial charge in [0.2, 0.25) is 0 Å². The van der Waals surface area contributed by atoms with Crippen molar-refractivity contribution in [3.63, 3.8) is 0 Å². The van der Waals surface area contributed by atoms with E-state index in [1.807, 2.05) is 55.4 Å².